The fraction of sp³-hybridized carbons (Fsp3) is 0.0476. The van der Waals surface area contributed by atoms with Gasteiger partial charge >= 0.3 is 0 Å². The molecule has 0 aliphatic rings. The highest BCUT2D eigenvalue weighted by atomic mass is 15.0. The van der Waals surface area contributed by atoms with Crippen LogP contribution >= 0.6 is 0 Å². The van der Waals surface area contributed by atoms with Crippen LogP contribution in [0.1, 0.15) is 11.1 Å². The largest absolute Gasteiger partial charge is 0.309 e. The standard InChI is InChI=1S/C42H31N/c1-28-10-6-7-13-37(28)39-26-34(17-16-29(39)2)35-21-23-42-40(27-35)38-14-8-9-15-41(38)43(42)36-22-20-32-24-31(18-19-33(32)25-36)30-11-4-3-5-12-30/h3-27H,1-2H3. The first kappa shape index (κ1) is 25.3. The average Bonchev–Trinajstić information content (AvgIpc) is 3.39. The number of fused-ring (bicyclic) bond motifs is 4. The summed E-state index contributed by atoms with van der Waals surface area (Å²) in [5.41, 5.74) is 13.8. The molecule has 0 amide bonds. The zero-order valence-corrected chi connectivity index (χ0v) is 24.4. The zero-order valence-electron chi connectivity index (χ0n) is 24.4. The van der Waals surface area contributed by atoms with Crippen molar-refractivity contribution in [1.29, 1.82) is 0 Å². The van der Waals surface area contributed by atoms with Gasteiger partial charge in [0.1, 0.15) is 0 Å². The van der Waals surface area contributed by atoms with Crippen molar-refractivity contribution in [1.82, 2.24) is 4.57 Å². The Bertz CT molecular complexity index is 2300. The Morgan fingerprint density at radius 1 is 0.372 bits per heavy atom. The van der Waals surface area contributed by atoms with Crippen molar-refractivity contribution >= 4 is 32.6 Å². The van der Waals surface area contributed by atoms with Crippen LogP contribution in [0.3, 0.4) is 0 Å². The fourth-order valence-electron chi connectivity index (χ4n) is 6.58. The highest BCUT2D eigenvalue weighted by molar-refractivity contribution is 6.10. The lowest BCUT2D eigenvalue weighted by Crippen LogP contribution is -1.94. The molecule has 1 heterocycles. The number of nitrogens with zero attached hydrogens (tertiary/aromatic N) is 1. The molecule has 7 aromatic carbocycles. The molecule has 0 N–H and O–H groups in total. The fourth-order valence-corrected chi connectivity index (χ4v) is 6.58. The summed E-state index contributed by atoms with van der Waals surface area (Å²) >= 11 is 0. The molecular formula is C42H31N. The predicted molar refractivity (Wildman–Crippen MR) is 184 cm³/mol. The van der Waals surface area contributed by atoms with Crippen LogP contribution in [0.15, 0.2) is 152 Å². The van der Waals surface area contributed by atoms with Gasteiger partial charge in [-0.25, -0.2) is 0 Å². The predicted octanol–water partition coefficient (Wildman–Crippen LogP) is 11.6. The van der Waals surface area contributed by atoms with Crippen molar-refractivity contribution in [3.05, 3.63) is 163 Å². The van der Waals surface area contributed by atoms with Gasteiger partial charge in [0.25, 0.3) is 0 Å². The molecule has 43 heavy (non-hydrogen) atoms. The Labute approximate surface area is 252 Å². The van der Waals surface area contributed by atoms with E-state index in [1.807, 2.05) is 0 Å². The molecule has 0 aliphatic heterocycles. The van der Waals surface area contributed by atoms with E-state index in [-0.39, 0.29) is 0 Å². The quantitative estimate of drug-likeness (QED) is 0.206. The highest BCUT2D eigenvalue weighted by Gasteiger charge is 2.15. The second-order valence-electron chi connectivity index (χ2n) is 11.5. The second kappa shape index (κ2) is 10.2. The molecule has 204 valence electrons. The van der Waals surface area contributed by atoms with Crippen LogP contribution in [0, 0.1) is 13.8 Å². The maximum Gasteiger partial charge on any atom is 0.0541 e. The van der Waals surface area contributed by atoms with Crippen molar-refractivity contribution in [3.63, 3.8) is 0 Å². The Morgan fingerprint density at radius 3 is 1.88 bits per heavy atom. The number of hydrogen-bond donors (Lipinski definition) is 0. The maximum atomic E-state index is 2.41. The van der Waals surface area contributed by atoms with E-state index in [1.54, 1.807) is 0 Å². The van der Waals surface area contributed by atoms with Gasteiger partial charge in [0.05, 0.1) is 11.0 Å². The van der Waals surface area contributed by atoms with E-state index >= 15 is 0 Å². The minimum absolute atomic E-state index is 1.18. The van der Waals surface area contributed by atoms with Crippen LogP contribution < -0.4 is 0 Å². The molecule has 1 nitrogen and oxygen atoms in total. The van der Waals surface area contributed by atoms with Crippen molar-refractivity contribution in [2.45, 2.75) is 13.8 Å². The van der Waals surface area contributed by atoms with Crippen LogP contribution in [0.2, 0.25) is 0 Å². The molecule has 8 rings (SSSR count). The van der Waals surface area contributed by atoms with Gasteiger partial charge in [-0.05, 0) is 112 Å². The SMILES string of the molecule is Cc1ccccc1-c1cc(-c2ccc3c(c2)c2ccccc2n3-c2ccc3cc(-c4ccccc4)ccc3c2)ccc1C. The lowest BCUT2D eigenvalue weighted by molar-refractivity contribution is 1.19. The van der Waals surface area contributed by atoms with Crippen LogP contribution in [0.25, 0.3) is 71.6 Å². The van der Waals surface area contributed by atoms with Gasteiger partial charge in [0.2, 0.25) is 0 Å². The molecule has 1 heteroatoms. The molecule has 8 aromatic rings. The second-order valence-corrected chi connectivity index (χ2v) is 11.5. The average molecular weight is 550 g/mol. The molecule has 0 aliphatic carbocycles. The number of benzene rings is 7. The lowest BCUT2D eigenvalue weighted by atomic mass is 9.92. The molecule has 0 atom stereocenters. The molecule has 0 bridgehead atoms. The minimum Gasteiger partial charge on any atom is -0.309 e. The van der Waals surface area contributed by atoms with E-state index in [4.69, 9.17) is 0 Å². The van der Waals surface area contributed by atoms with Crippen LogP contribution in [0.4, 0.5) is 0 Å². The number of rotatable bonds is 4. The maximum absolute atomic E-state index is 2.41. The third kappa shape index (κ3) is 4.33. The van der Waals surface area contributed by atoms with Crippen molar-refractivity contribution in [2.75, 3.05) is 0 Å². The summed E-state index contributed by atoms with van der Waals surface area (Å²) in [4.78, 5) is 0. The van der Waals surface area contributed by atoms with E-state index in [9.17, 15) is 0 Å². The van der Waals surface area contributed by atoms with Gasteiger partial charge in [-0.1, -0.05) is 109 Å². The Hall–Kier alpha value is -5.40. The molecule has 0 fully saturated rings. The van der Waals surface area contributed by atoms with Crippen LogP contribution in [0.5, 0.6) is 0 Å². The Morgan fingerprint density at radius 2 is 1.00 bits per heavy atom. The number of para-hydroxylation sites is 1. The van der Waals surface area contributed by atoms with E-state index in [2.05, 4.69) is 170 Å². The van der Waals surface area contributed by atoms with E-state index in [0.717, 1.165) is 0 Å². The van der Waals surface area contributed by atoms with Gasteiger partial charge in [0.15, 0.2) is 0 Å². The van der Waals surface area contributed by atoms with E-state index in [1.165, 1.54) is 82.8 Å². The summed E-state index contributed by atoms with van der Waals surface area (Å²) in [6.07, 6.45) is 0. The smallest absolute Gasteiger partial charge is 0.0541 e. The molecule has 0 saturated heterocycles. The first-order valence-corrected chi connectivity index (χ1v) is 14.9. The summed E-state index contributed by atoms with van der Waals surface area (Å²) in [7, 11) is 0. The van der Waals surface area contributed by atoms with Crippen molar-refractivity contribution in [2.24, 2.45) is 0 Å². The van der Waals surface area contributed by atoms with E-state index < -0.39 is 0 Å². The van der Waals surface area contributed by atoms with Crippen molar-refractivity contribution < 1.29 is 0 Å². The number of aryl methyl sites for hydroxylation is 2. The summed E-state index contributed by atoms with van der Waals surface area (Å²) in [5.74, 6) is 0. The lowest BCUT2D eigenvalue weighted by Gasteiger charge is -2.13. The third-order valence-electron chi connectivity index (χ3n) is 8.87. The molecule has 0 saturated carbocycles. The first-order valence-electron chi connectivity index (χ1n) is 14.9. The Balaban J connectivity index is 1.26. The molecule has 0 radical (unpaired) electrons. The summed E-state index contributed by atoms with van der Waals surface area (Å²) < 4.78 is 2.41. The summed E-state index contributed by atoms with van der Waals surface area (Å²) in [6.45, 7) is 4.39. The minimum atomic E-state index is 1.18. The zero-order chi connectivity index (χ0) is 28.9. The summed E-state index contributed by atoms with van der Waals surface area (Å²) in [5, 5.41) is 5.02. The van der Waals surface area contributed by atoms with Gasteiger partial charge in [-0.15, -0.1) is 0 Å². The number of aromatic nitrogens is 1. The van der Waals surface area contributed by atoms with Gasteiger partial charge in [-0.3, -0.25) is 0 Å². The molecular weight excluding hydrogens is 518 g/mol. The summed E-state index contributed by atoms with van der Waals surface area (Å²) in [6, 6.07) is 55.4. The van der Waals surface area contributed by atoms with Crippen LogP contribution in [-0.4, -0.2) is 4.57 Å². The Kier molecular flexibility index (Phi) is 5.98. The monoisotopic (exact) mass is 549 g/mol. The highest BCUT2D eigenvalue weighted by Crippen LogP contribution is 2.37. The van der Waals surface area contributed by atoms with E-state index in [0.29, 0.717) is 0 Å². The van der Waals surface area contributed by atoms with Gasteiger partial charge < -0.3 is 4.57 Å². The normalized spacial score (nSPS) is 11.5. The molecule has 0 unspecified atom stereocenters. The molecule has 1 aromatic heterocycles. The number of hydrogen-bond acceptors (Lipinski definition) is 0. The molecule has 0 spiro atoms. The van der Waals surface area contributed by atoms with Gasteiger partial charge in [0, 0.05) is 16.5 Å². The third-order valence-corrected chi connectivity index (χ3v) is 8.87. The first-order chi connectivity index (χ1) is 21.1. The van der Waals surface area contributed by atoms with Crippen molar-refractivity contribution in [3.8, 4) is 39.1 Å². The topological polar surface area (TPSA) is 4.93 Å². The van der Waals surface area contributed by atoms with Crippen LogP contribution in [-0.2, 0) is 0 Å². The van der Waals surface area contributed by atoms with Gasteiger partial charge in [-0.2, -0.15) is 0 Å².